The summed E-state index contributed by atoms with van der Waals surface area (Å²) in [7, 11) is 1.96. The summed E-state index contributed by atoms with van der Waals surface area (Å²) >= 11 is 0. The molecule has 0 spiro atoms. The van der Waals surface area contributed by atoms with E-state index in [0.717, 1.165) is 6.54 Å². The van der Waals surface area contributed by atoms with Crippen LogP contribution in [-0.2, 0) is 13.6 Å². The van der Waals surface area contributed by atoms with E-state index in [1.165, 1.54) is 51.4 Å². The fraction of sp³-hybridized carbons (Fsp3) is 0.846. The molecular weight excluding hydrogens is 198 g/mol. The molecule has 1 aromatic heterocycles. The summed E-state index contributed by atoms with van der Waals surface area (Å²) in [6.07, 6.45) is 15.0. The van der Waals surface area contributed by atoms with Crippen molar-refractivity contribution in [2.75, 3.05) is 0 Å². The Bertz CT molecular complexity index is 268. The minimum atomic E-state index is 1.07. The maximum Gasteiger partial charge on any atom is 0.155 e. The molecule has 1 aromatic rings. The number of aryl methyl sites for hydroxylation is 2. The minimum Gasteiger partial charge on any atom is -0.141 e. The summed E-state index contributed by atoms with van der Waals surface area (Å²) in [6, 6.07) is 0. The predicted molar refractivity (Wildman–Crippen MR) is 66.0 cm³/mol. The Hall–Kier alpha value is -0.860. The molecule has 3 heteroatoms. The highest BCUT2D eigenvalue weighted by Crippen LogP contribution is 2.08. The summed E-state index contributed by atoms with van der Waals surface area (Å²) in [5.74, 6) is 0. The van der Waals surface area contributed by atoms with Gasteiger partial charge >= 0.3 is 0 Å². The van der Waals surface area contributed by atoms with Gasteiger partial charge in [0, 0.05) is 0 Å². The van der Waals surface area contributed by atoms with Gasteiger partial charge in [-0.05, 0) is 12.8 Å². The Balaban J connectivity index is 1.88. The molecule has 0 N–H and O–H groups in total. The van der Waals surface area contributed by atoms with E-state index in [-0.39, 0.29) is 0 Å². The quantitative estimate of drug-likeness (QED) is 0.467. The topological polar surface area (TPSA) is 21.7 Å². The van der Waals surface area contributed by atoms with Crippen LogP contribution in [0.25, 0.3) is 0 Å². The Morgan fingerprint density at radius 1 is 1.00 bits per heavy atom. The van der Waals surface area contributed by atoms with Crippen molar-refractivity contribution in [1.82, 2.24) is 9.90 Å². The molecule has 0 radical (unpaired) electrons. The molecule has 0 aromatic carbocycles. The third-order valence-electron chi connectivity index (χ3n) is 2.95. The van der Waals surface area contributed by atoms with Crippen LogP contribution in [-0.4, -0.2) is 9.90 Å². The van der Waals surface area contributed by atoms with Crippen molar-refractivity contribution in [3.05, 3.63) is 12.4 Å². The number of aromatic nitrogens is 3. The largest absolute Gasteiger partial charge is 0.155 e. The van der Waals surface area contributed by atoms with E-state index in [1.54, 1.807) is 0 Å². The first-order chi connectivity index (χ1) is 7.83. The van der Waals surface area contributed by atoms with Gasteiger partial charge in [-0.3, -0.25) is 0 Å². The second kappa shape index (κ2) is 8.31. The van der Waals surface area contributed by atoms with Crippen molar-refractivity contribution in [2.24, 2.45) is 7.05 Å². The van der Waals surface area contributed by atoms with E-state index in [2.05, 4.69) is 12.1 Å². The highest BCUT2D eigenvalue weighted by Gasteiger charge is 2.00. The van der Waals surface area contributed by atoms with Crippen LogP contribution < -0.4 is 4.68 Å². The standard InChI is InChI=1S/C13H26N3/c1-3-4-5-6-7-8-9-10-11-16-13-12-15(2)14-16/h12-13H,3-11H2,1-2H3/q+1. The van der Waals surface area contributed by atoms with Crippen molar-refractivity contribution in [2.45, 2.75) is 64.8 Å². The van der Waals surface area contributed by atoms with Crippen LogP contribution in [0.3, 0.4) is 0 Å². The number of hydrogen-bond donors (Lipinski definition) is 0. The zero-order valence-corrected chi connectivity index (χ0v) is 10.9. The lowest BCUT2D eigenvalue weighted by atomic mass is 10.1. The lowest BCUT2D eigenvalue weighted by Crippen LogP contribution is -2.30. The molecule has 0 amide bonds. The van der Waals surface area contributed by atoms with Gasteiger partial charge in [0.05, 0.1) is 5.21 Å². The van der Waals surface area contributed by atoms with Gasteiger partial charge in [0.25, 0.3) is 0 Å². The Morgan fingerprint density at radius 2 is 1.62 bits per heavy atom. The summed E-state index contributed by atoms with van der Waals surface area (Å²) in [4.78, 5) is 0. The van der Waals surface area contributed by atoms with Crippen molar-refractivity contribution in [3.8, 4) is 0 Å². The van der Waals surface area contributed by atoms with Crippen LogP contribution in [0.1, 0.15) is 58.3 Å². The van der Waals surface area contributed by atoms with Gasteiger partial charge < -0.3 is 0 Å². The van der Waals surface area contributed by atoms with E-state index in [1.807, 2.05) is 28.8 Å². The molecular formula is C13H26N3+. The highest BCUT2D eigenvalue weighted by atomic mass is 15.5. The smallest absolute Gasteiger partial charge is 0.141 e. The van der Waals surface area contributed by atoms with Gasteiger partial charge in [0.1, 0.15) is 13.6 Å². The molecule has 0 saturated heterocycles. The van der Waals surface area contributed by atoms with Gasteiger partial charge in [-0.15, -0.1) is 9.36 Å². The third-order valence-corrected chi connectivity index (χ3v) is 2.95. The summed E-state index contributed by atoms with van der Waals surface area (Å²) in [5.41, 5.74) is 0. The fourth-order valence-corrected chi connectivity index (χ4v) is 1.94. The minimum absolute atomic E-state index is 1.07. The van der Waals surface area contributed by atoms with Crippen LogP contribution in [0.15, 0.2) is 12.4 Å². The van der Waals surface area contributed by atoms with Gasteiger partial charge in [-0.1, -0.05) is 45.4 Å². The van der Waals surface area contributed by atoms with Crippen LogP contribution in [0, 0.1) is 0 Å². The molecule has 3 nitrogen and oxygen atoms in total. The predicted octanol–water partition coefficient (Wildman–Crippen LogP) is 2.85. The van der Waals surface area contributed by atoms with E-state index >= 15 is 0 Å². The van der Waals surface area contributed by atoms with Crippen LogP contribution in [0.5, 0.6) is 0 Å². The lowest BCUT2D eigenvalue weighted by molar-refractivity contribution is -0.732. The first-order valence-electron chi connectivity index (χ1n) is 6.72. The maximum atomic E-state index is 4.30. The van der Waals surface area contributed by atoms with Crippen LogP contribution >= 0.6 is 0 Å². The first kappa shape index (κ1) is 13.2. The Labute approximate surface area is 99.5 Å². The second-order valence-corrected chi connectivity index (χ2v) is 4.60. The van der Waals surface area contributed by atoms with Crippen molar-refractivity contribution in [3.63, 3.8) is 0 Å². The molecule has 0 fully saturated rings. The van der Waals surface area contributed by atoms with E-state index in [0.29, 0.717) is 0 Å². The van der Waals surface area contributed by atoms with Gasteiger partial charge in [0.15, 0.2) is 12.4 Å². The average Bonchev–Trinajstić information content (AvgIpc) is 2.68. The number of unbranched alkanes of at least 4 members (excludes halogenated alkanes) is 7. The number of rotatable bonds is 9. The van der Waals surface area contributed by atoms with Crippen LogP contribution in [0.4, 0.5) is 0 Å². The zero-order chi connectivity index (χ0) is 11.6. The molecule has 92 valence electrons. The Kier molecular flexibility index (Phi) is 6.86. The normalized spacial score (nSPS) is 10.9. The van der Waals surface area contributed by atoms with Crippen molar-refractivity contribution < 1.29 is 4.68 Å². The Morgan fingerprint density at radius 3 is 2.19 bits per heavy atom. The molecule has 1 heterocycles. The van der Waals surface area contributed by atoms with Gasteiger partial charge in [-0.2, -0.15) is 0 Å². The molecule has 0 aliphatic rings. The van der Waals surface area contributed by atoms with E-state index in [4.69, 9.17) is 0 Å². The maximum absolute atomic E-state index is 4.30. The van der Waals surface area contributed by atoms with Crippen molar-refractivity contribution in [1.29, 1.82) is 0 Å². The summed E-state index contributed by atoms with van der Waals surface area (Å²) in [6.45, 7) is 3.33. The molecule has 0 atom stereocenters. The fourth-order valence-electron chi connectivity index (χ4n) is 1.94. The SMILES string of the molecule is CCCCCCCCCCn1cc[n+](C)n1. The monoisotopic (exact) mass is 224 g/mol. The van der Waals surface area contributed by atoms with Gasteiger partial charge in [0.2, 0.25) is 0 Å². The first-order valence-corrected chi connectivity index (χ1v) is 6.72. The zero-order valence-electron chi connectivity index (χ0n) is 10.9. The van der Waals surface area contributed by atoms with E-state index in [9.17, 15) is 0 Å². The molecule has 0 aliphatic heterocycles. The lowest BCUT2D eigenvalue weighted by Gasteiger charge is -1.99. The molecule has 0 saturated carbocycles. The number of nitrogens with zero attached hydrogens (tertiary/aromatic N) is 3. The molecule has 1 rings (SSSR count). The molecule has 0 unspecified atom stereocenters. The van der Waals surface area contributed by atoms with Crippen LogP contribution in [0.2, 0.25) is 0 Å². The average molecular weight is 224 g/mol. The highest BCUT2D eigenvalue weighted by molar-refractivity contribution is 4.57. The van der Waals surface area contributed by atoms with Gasteiger partial charge in [-0.25, -0.2) is 0 Å². The third kappa shape index (κ3) is 5.89. The summed E-state index contributed by atoms with van der Waals surface area (Å²) < 4.78 is 3.88. The molecule has 0 aliphatic carbocycles. The number of hydrogen-bond acceptors (Lipinski definition) is 1. The molecule has 16 heavy (non-hydrogen) atoms. The molecule has 0 bridgehead atoms. The van der Waals surface area contributed by atoms with E-state index < -0.39 is 0 Å². The summed E-state index contributed by atoms with van der Waals surface area (Å²) in [5, 5.41) is 4.30. The van der Waals surface area contributed by atoms with Crippen molar-refractivity contribution >= 4 is 0 Å². The second-order valence-electron chi connectivity index (χ2n) is 4.60.